The molecule has 4 aromatic rings. The van der Waals surface area contributed by atoms with Crippen molar-refractivity contribution in [2.24, 2.45) is 0 Å². The van der Waals surface area contributed by atoms with Crippen molar-refractivity contribution in [1.82, 2.24) is 14.4 Å². The number of nitrogens with zero attached hydrogens (tertiary/aromatic N) is 3. The van der Waals surface area contributed by atoms with E-state index in [9.17, 15) is 0 Å². The van der Waals surface area contributed by atoms with E-state index in [1.165, 1.54) is 0 Å². The number of ether oxygens (including phenoxy) is 2. The van der Waals surface area contributed by atoms with Gasteiger partial charge in [0.25, 0.3) is 0 Å². The standard InChI is InChI=1S/C20H14Cl3N3O2/c1-27-16-5-4-11(8-14(16)22)19-18(25-20-24-6-3-7-26(19)20)12-9-17(28-2)15(23)10-13(12)21/h3-10H,1-2H3. The fraction of sp³-hybridized carbons (Fsp3) is 0.100. The smallest absolute Gasteiger partial charge is 0.234 e. The van der Waals surface area contributed by atoms with Crippen LogP contribution in [0.1, 0.15) is 0 Å². The number of methoxy groups -OCH3 is 2. The van der Waals surface area contributed by atoms with Gasteiger partial charge in [-0.1, -0.05) is 34.8 Å². The molecule has 0 saturated carbocycles. The topological polar surface area (TPSA) is 48.7 Å². The van der Waals surface area contributed by atoms with Gasteiger partial charge < -0.3 is 9.47 Å². The van der Waals surface area contributed by atoms with Crippen molar-refractivity contribution < 1.29 is 9.47 Å². The molecule has 0 aliphatic carbocycles. The molecule has 0 bridgehead atoms. The number of halogens is 3. The zero-order valence-corrected chi connectivity index (χ0v) is 17.2. The van der Waals surface area contributed by atoms with Crippen LogP contribution in [0.5, 0.6) is 11.5 Å². The number of hydrogen-bond acceptors (Lipinski definition) is 4. The molecule has 0 amide bonds. The molecule has 0 aliphatic heterocycles. The van der Waals surface area contributed by atoms with E-state index in [0.717, 1.165) is 11.3 Å². The molecule has 0 N–H and O–H groups in total. The molecule has 0 atom stereocenters. The van der Waals surface area contributed by atoms with E-state index in [2.05, 4.69) is 4.98 Å². The molecule has 0 saturated heterocycles. The molecule has 5 nitrogen and oxygen atoms in total. The average molecular weight is 435 g/mol. The molecular weight excluding hydrogens is 421 g/mol. The molecule has 142 valence electrons. The number of imidazole rings is 1. The average Bonchev–Trinajstić information content (AvgIpc) is 3.07. The number of benzene rings is 2. The summed E-state index contributed by atoms with van der Waals surface area (Å²) in [5.41, 5.74) is 2.94. The molecule has 0 radical (unpaired) electrons. The number of fused-ring (bicyclic) bond motifs is 1. The van der Waals surface area contributed by atoms with E-state index in [1.54, 1.807) is 38.6 Å². The van der Waals surface area contributed by atoms with Gasteiger partial charge in [0.1, 0.15) is 17.2 Å². The molecule has 2 aromatic heterocycles. The molecule has 0 spiro atoms. The minimum atomic E-state index is 0.423. The quantitative estimate of drug-likeness (QED) is 0.393. The first-order valence-corrected chi connectivity index (χ1v) is 9.37. The van der Waals surface area contributed by atoms with Crippen LogP contribution in [0.25, 0.3) is 28.3 Å². The molecule has 4 rings (SSSR count). The lowest BCUT2D eigenvalue weighted by Crippen LogP contribution is -1.93. The van der Waals surface area contributed by atoms with Crippen LogP contribution in [0.4, 0.5) is 0 Å². The third-order valence-corrected chi connectivity index (χ3v) is 5.23. The van der Waals surface area contributed by atoms with Crippen molar-refractivity contribution in [2.75, 3.05) is 14.2 Å². The summed E-state index contributed by atoms with van der Waals surface area (Å²) in [6, 6.07) is 10.8. The summed E-state index contributed by atoms with van der Waals surface area (Å²) in [5, 5.41) is 1.37. The highest BCUT2D eigenvalue weighted by atomic mass is 35.5. The fourth-order valence-corrected chi connectivity index (χ4v) is 3.84. The van der Waals surface area contributed by atoms with E-state index in [1.807, 2.05) is 28.8 Å². The van der Waals surface area contributed by atoms with Crippen LogP contribution in [-0.4, -0.2) is 28.6 Å². The predicted octanol–water partition coefficient (Wildman–Crippen LogP) is 6.04. The van der Waals surface area contributed by atoms with E-state index >= 15 is 0 Å². The van der Waals surface area contributed by atoms with Crippen molar-refractivity contribution in [3.8, 4) is 34.0 Å². The van der Waals surface area contributed by atoms with E-state index in [-0.39, 0.29) is 0 Å². The largest absolute Gasteiger partial charge is 0.495 e. The van der Waals surface area contributed by atoms with Crippen molar-refractivity contribution in [3.63, 3.8) is 0 Å². The van der Waals surface area contributed by atoms with Gasteiger partial charge in [-0.05, 0) is 36.4 Å². The van der Waals surface area contributed by atoms with Gasteiger partial charge in [-0.15, -0.1) is 0 Å². The summed E-state index contributed by atoms with van der Waals surface area (Å²) in [5.74, 6) is 1.62. The van der Waals surface area contributed by atoms with Gasteiger partial charge in [0, 0.05) is 23.5 Å². The Balaban J connectivity index is 2.03. The Hall–Kier alpha value is -2.47. The van der Waals surface area contributed by atoms with Crippen LogP contribution < -0.4 is 9.47 Å². The summed E-state index contributed by atoms with van der Waals surface area (Å²) in [6.07, 6.45) is 3.56. The first kappa shape index (κ1) is 18.9. The van der Waals surface area contributed by atoms with Crippen LogP contribution in [0, 0.1) is 0 Å². The normalized spacial score (nSPS) is 11.0. The van der Waals surface area contributed by atoms with Crippen LogP contribution in [0.2, 0.25) is 15.1 Å². The lowest BCUT2D eigenvalue weighted by molar-refractivity contribution is 0.415. The minimum Gasteiger partial charge on any atom is -0.495 e. The highest BCUT2D eigenvalue weighted by molar-refractivity contribution is 6.37. The highest BCUT2D eigenvalue weighted by Gasteiger charge is 2.21. The van der Waals surface area contributed by atoms with E-state index in [0.29, 0.717) is 43.6 Å². The Morgan fingerprint density at radius 1 is 0.893 bits per heavy atom. The Bertz CT molecular complexity index is 1190. The monoisotopic (exact) mass is 433 g/mol. The zero-order chi connectivity index (χ0) is 19.8. The molecular formula is C20H14Cl3N3O2. The van der Waals surface area contributed by atoms with Gasteiger partial charge in [0.15, 0.2) is 0 Å². The molecule has 0 fully saturated rings. The number of hydrogen-bond donors (Lipinski definition) is 0. The van der Waals surface area contributed by atoms with Crippen molar-refractivity contribution in [1.29, 1.82) is 0 Å². The molecule has 0 aliphatic rings. The summed E-state index contributed by atoms with van der Waals surface area (Å²) >= 11 is 19.1. The lowest BCUT2D eigenvalue weighted by atomic mass is 10.0. The Labute approximate surface area is 176 Å². The van der Waals surface area contributed by atoms with E-state index < -0.39 is 0 Å². The van der Waals surface area contributed by atoms with E-state index in [4.69, 9.17) is 49.3 Å². The SMILES string of the molecule is COc1ccc(-c2c(-c3cc(OC)c(Cl)cc3Cl)nc3ncccn23)cc1Cl. The van der Waals surface area contributed by atoms with Gasteiger partial charge >= 0.3 is 0 Å². The second-order valence-electron chi connectivity index (χ2n) is 5.91. The number of rotatable bonds is 4. The van der Waals surface area contributed by atoms with Gasteiger partial charge in [-0.25, -0.2) is 9.97 Å². The maximum absolute atomic E-state index is 6.50. The molecule has 8 heteroatoms. The minimum absolute atomic E-state index is 0.423. The summed E-state index contributed by atoms with van der Waals surface area (Å²) in [7, 11) is 3.12. The highest BCUT2D eigenvalue weighted by Crippen LogP contribution is 2.41. The molecule has 2 heterocycles. The van der Waals surface area contributed by atoms with Crippen LogP contribution >= 0.6 is 34.8 Å². The first-order valence-electron chi connectivity index (χ1n) is 8.24. The lowest BCUT2D eigenvalue weighted by Gasteiger charge is -2.11. The third-order valence-electron chi connectivity index (χ3n) is 4.33. The third kappa shape index (κ3) is 3.15. The summed E-state index contributed by atoms with van der Waals surface area (Å²) in [6.45, 7) is 0. The van der Waals surface area contributed by atoms with Crippen LogP contribution in [0.15, 0.2) is 48.8 Å². The second-order valence-corrected chi connectivity index (χ2v) is 7.14. The maximum Gasteiger partial charge on any atom is 0.234 e. The summed E-state index contributed by atoms with van der Waals surface area (Å²) in [4.78, 5) is 9.05. The predicted molar refractivity (Wildman–Crippen MR) is 112 cm³/mol. The zero-order valence-electron chi connectivity index (χ0n) is 14.9. The molecule has 2 aromatic carbocycles. The Kier molecular flexibility index (Phi) is 5.06. The van der Waals surface area contributed by atoms with Crippen LogP contribution in [-0.2, 0) is 0 Å². The first-order chi connectivity index (χ1) is 13.5. The number of aromatic nitrogens is 3. The van der Waals surface area contributed by atoms with Gasteiger partial charge in [-0.3, -0.25) is 4.40 Å². The van der Waals surface area contributed by atoms with Gasteiger partial charge in [0.05, 0.1) is 35.0 Å². The Morgan fingerprint density at radius 3 is 2.36 bits per heavy atom. The molecule has 0 unspecified atom stereocenters. The van der Waals surface area contributed by atoms with Crippen molar-refractivity contribution in [2.45, 2.75) is 0 Å². The Morgan fingerprint density at radius 2 is 1.64 bits per heavy atom. The second kappa shape index (κ2) is 7.51. The van der Waals surface area contributed by atoms with Crippen molar-refractivity contribution in [3.05, 3.63) is 63.9 Å². The van der Waals surface area contributed by atoms with Gasteiger partial charge in [-0.2, -0.15) is 0 Å². The van der Waals surface area contributed by atoms with Gasteiger partial charge in [0.2, 0.25) is 5.78 Å². The van der Waals surface area contributed by atoms with Crippen LogP contribution in [0.3, 0.4) is 0 Å². The van der Waals surface area contributed by atoms with Crippen molar-refractivity contribution >= 4 is 40.6 Å². The molecule has 28 heavy (non-hydrogen) atoms. The maximum atomic E-state index is 6.50. The summed E-state index contributed by atoms with van der Waals surface area (Å²) < 4.78 is 12.5. The fourth-order valence-electron chi connectivity index (χ4n) is 3.03.